The molecular weight excluding hydrogens is 244 g/mol. The number of carbonyl (C=O) groups is 1. The van der Waals surface area contributed by atoms with Crippen molar-refractivity contribution in [1.29, 1.82) is 0 Å². The number of carbonyl (C=O) groups excluding carboxylic acids is 1. The fourth-order valence-electron chi connectivity index (χ4n) is 1.56. The van der Waals surface area contributed by atoms with E-state index < -0.39 is 0 Å². The monoisotopic (exact) mass is 266 g/mol. The first-order valence-electron chi connectivity index (χ1n) is 6.34. The highest BCUT2D eigenvalue weighted by atomic mass is 32.2. The molecule has 0 spiro atoms. The number of benzene rings is 1. The summed E-state index contributed by atoms with van der Waals surface area (Å²) in [4.78, 5) is 11.7. The molecule has 3 heteroatoms. The topological polar surface area (TPSA) is 26.3 Å². The summed E-state index contributed by atoms with van der Waals surface area (Å²) in [6.07, 6.45) is 1.46. The van der Waals surface area contributed by atoms with E-state index in [1.807, 2.05) is 24.3 Å². The summed E-state index contributed by atoms with van der Waals surface area (Å²) < 4.78 is 5.10. The lowest BCUT2D eigenvalue weighted by molar-refractivity contribution is -0.116. The van der Waals surface area contributed by atoms with E-state index in [-0.39, 0.29) is 0 Å². The molecule has 0 aliphatic carbocycles. The minimum atomic E-state index is 0.344. The molecular formula is C15H22O2S. The van der Waals surface area contributed by atoms with Crippen LogP contribution < -0.4 is 4.74 Å². The SMILES string of the molecule is COc1ccc(CCC(=O)CSCC(C)C)cc1. The van der Waals surface area contributed by atoms with Crippen molar-refractivity contribution < 1.29 is 9.53 Å². The molecule has 0 N–H and O–H groups in total. The lowest BCUT2D eigenvalue weighted by Gasteiger charge is -2.05. The second kappa shape index (κ2) is 8.20. The number of methoxy groups -OCH3 is 1. The zero-order valence-corrected chi connectivity index (χ0v) is 12.3. The van der Waals surface area contributed by atoms with Gasteiger partial charge in [0, 0.05) is 6.42 Å². The van der Waals surface area contributed by atoms with Crippen LogP contribution in [0.1, 0.15) is 25.8 Å². The highest BCUT2D eigenvalue weighted by molar-refractivity contribution is 7.99. The molecule has 0 saturated carbocycles. The molecule has 0 aromatic heterocycles. The number of aryl methyl sites for hydroxylation is 1. The summed E-state index contributed by atoms with van der Waals surface area (Å²) in [6.45, 7) is 4.35. The Morgan fingerprint density at radius 1 is 1.28 bits per heavy atom. The van der Waals surface area contributed by atoms with Gasteiger partial charge >= 0.3 is 0 Å². The molecule has 0 unspecified atom stereocenters. The lowest BCUT2D eigenvalue weighted by Crippen LogP contribution is -2.05. The number of ketones is 1. The normalized spacial score (nSPS) is 10.7. The molecule has 0 saturated heterocycles. The summed E-state index contributed by atoms with van der Waals surface area (Å²) in [5.41, 5.74) is 1.19. The van der Waals surface area contributed by atoms with E-state index in [0.717, 1.165) is 17.9 Å². The van der Waals surface area contributed by atoms with Crippen molar-refractivity contribution in [3.63, 3.8) is 0 Å². The van der Waals surface area contributed by atoms with Gasteiger partial charge in [-0.25, -0.2) is 0 Å². The predicted octanol–water partition coefficient (Wildman–Crippen LogP) is 3.59. The van der Waals surface area contributed by atoms with Crippen LogP contribution in [0.15, 0.2) is 24.3 Å². The summed E-state index contributed by atoms with van der Waals surface area (Å²) in [5, 5.41) is 0. The van der Waals surface area contributed by atoms with Crippen LogP contribution in [0.2, 0.25) is 0 Å². The average molecular weight is 266 g/mol. The number of hydrogen-bond acceptors (Lipinski definition) is 3. The molecule has 2 nitrogen and oxygen atoms in total. The molecule has 1 rings (SSSR count). The van der Waals surface area contributed by atoms with Crippen molar-refractivity contribution in [3.05, 3.63) is 29.8 Å². The zero-order valence-electron chi connectivity index (χ0n) is 11.4. The van der Waals surface area contributed by atoms with Crippen LogP contribution in [0.5, 0.6) is 5.75 Å². The second-order valence-electron chi connectivity index (χ2n) is 4.80. The first-order chi connectivity index (χ1) is 8.61. The van der Waals surface area contributed by atoms with Gasteiger partial charge in [-0.3, -0.25) is 4.79 Å². The van der Waals surface area contributed by atoms with Gasteiger partial charge in [-0.1, -0.05) is 26.0 Å². The smallest absolute Gasteiger partial charge is 0.143 e. The van der Waals surface area contributed by atoms with E-state index in [4.69, 9.17) is 4.74 Å². The van der Waals surface area contributed by atoms with Crippen LogP contribution in [-0.2, 0) is 11.2 Å². The summed E-state index contributed by atoms with van der Waals surface area (Å²) >= 11 is 1.74. The number of thioether (sulfide) groups is 1. The molecule has 0 fully saturated rings. The van der Waals surface area contributed by atoms with E-state index in [2.05, 4.69) is 13.8 Å². The Balaban J connectivity index is 2.24. The minimum absolute atomic E-state index is 0.344. The highest BCUT2D eigenvalue weighted by Crippen LogP contribution is 2.14. The fraction of sp³-hybridized carbons (Fsp3) is 0.533. The molecule has 0 aliphatic heterocycles. The predicted molar refractivity (Wildman–Crippen MR) is 78.5 cm³/mol. The fourth-order valence-corrected chi connectivity index (χ4v) is 2.52. The third-order valence-corrected chi connectivity index (χ3v) is 3.99. The Morgan fingerprint density at radius 2 is 1.94 bits per heavy atom. The van der Waals surface area contributed by atoms with Gasteiger partial charge in [-0.05, 0) is 35.8 Å². The maximum absolute atomic E-state index is 11.7. The zero-order chi connectivity index (χ0) is 13.4. The standard InChI is InChI=1S/C15H22O2S/c1-12(2)10-18-11-14(16)7-4-13-5-8-15(17-3)9-6-13/h5-6,8-9,12H,4,7,10-11H2,1-3H3. The minimum Gasteiger partial charge on any atom is -0.497 e. The van der Waals surface area contributed by atoms with Crippen molar-refractivity contribution in [1.82, 2.24) is 0 Å². The molecule has 0 bridgehead atoms. The van der Waals surface area contributed by atoms with Crippen LogP contribution in [0.4, 0.5) is 0 Å². The second-order valence-corrected chi connectivity index (χ2v) is 5.83. The van der Waals surface area contributed by atoms with Crippen LogP contribution >= 0.6 is 11.8 Å². The maximum atomic E-state index is 11.7. The molecule has 1 aromatic rings. The van der Waals surface area contributed by atoms with Crippen molar-refractivity contribution >= 4 is 17.5 Å². The molecule has 0 amide bonds. The summed E-state index contributed by atoms with van der Waals surface area (Å²) in [5.74, 6) is 3.57. The molecule has 0 aliphatic rings. The van der Waals surface area contributed by atoms with Gasteiger partial charge in [0.05, 0.1) is 12.9 Å². The van der Waals surface area contributed by atoms with Gasteiger partial charge in [0.2, 0.25) is 0 Å². The number of Topliss-reactive ketones (excluding diaryl/α,β-unsaturated/α-hetero) is 1. The van der Waals surface area contributed by atoms with Gasteiger partial charge in [0.1, 0.15) is 11.5 Å². The Labute approximate surface area is 114 Å². The van der Waals surface area contributed by atoms with E-state index in [1.54, 1.807) is 18.9 Å². The molecule has 0 atom stereocenters. The van der Waals surface area contributed by atoms with Crippen LogP contribution in [-0.4, -0.2) is 24.4 Å². The van der Waals surface area contributed by atoms with Crippen LogP contribution in [0.25, 0.3) is 0 Å². The van der Waals surface area contributed by atoms with E-state index in [9.17, 15) is 4.79 Å². The molecule has 0 heterocycles. The average Bonchev–Trinajstić information content (AvgIpc) is 2.36. The van der Waals surface area contributed by atoms with Crippen LogP contribution in [0, 0.1) is 5.92 Å². The molecule has 0 radical (unpaired) electrons. The first kappa shape index (κ1) is 15.1. The van der Waals surface area contributed by atoms with Gasteiger partial charge in [0.15, 0.2) is 0 Å². The van der Waals surface area contributed by atoms with E-state index in [0.29, 0.717) is 23.9 Å². The number of ether oxygens (including phenoxy) is 1. The van der Waals surface area contributed by atoms with E-state index >= 15 is 0 Å². The Hall–Kier alpha value is -0.960. The highest BCUT2D eigenvalue weighted by Gasteiger charge is 2.04. The molecule has 1 aromatic carbocycles. The maximum Gasteiger partial charge on any atom is 0.143 e. The third-order valence-electron chi connectivity index (χ3n) is 2.57. The largest absolute Gasteiger partial charge is 0.497 e. The quantitative estimate of drug-likeness (QED) is 0.719. The van der Waals surface area contributed by atoms with Crippen molar-refractivity contribution in [3.8, 4) is 5.75 Å². The van der Waals surface area contributed by atoms with Gasteiger partial charge in [-0.2, -0.15) is 11.8 Å². The van der Waals surface area contributed by atoms with Gasteiger partial charge < -0.3 is 4.74 Å². The van der Waals surface area contributed by atoms with Gasteiger partial charge in [0.25, 0.3) is 0 Å². The lowest BCUT2D eigenvalue weighted by atomic mass is 10.1. The van der Waals surface area contributed by atoms with Crippen molar-refractivity contribution in [2.24, 2.45) is 5.92 Å². The third kappa shape index (κ3) is 6.10. The summed E-state index contributed by atoms with van der Waals surface area (Å²) in [7, 11) is 1.66. The Morgan fingerprint density at radius 3 is 2.50 bits per heavy atom. The van der Waals surface area contributed by atoms with Crippen molar-refractivity contribution in [2.75, 3.05) is 18.6 Å². The van der Waals surface area contributed by atoms with Crippen molar-refractivity contribution in [2.45, 2.75) is 26.7 Å². The number of rotatable bonds is 8. The van der Waals surface area contributed by atoms with Gasteiger partial charge in [-0.15, -0.1) is 0 Å². The molecule has 100 valence electrons. The first-order valence-corrected chi connectivity index (χ1v) is 7.49. The Kier molecular flexibility index (Phi) is 6.88. The van der Waals surface area contributed by atoms with E-state index in [1.165, 1.54) is 5.56 Å². The Bertz CT molecular complexity index is 357. The number of hydrogen-bond donors (Lipinski definition) is 0. The van der Waals surface area contributed by atoms with Crippen LogP contribution in [0.3, 0.4) is 0 Å². The molecule has 18 heavy (non-hydrogen) atoms. The summed E-state index contributed by atoms with van der Waals surface area (Å²) in [6, 6.07) is 7.92.